The summed E-state index contributed by atoms with van der Waals surface area (Å²) in [5, 5.41) is 9.87. The Morgan fingerprint density at radius 3 is 0.840 bits per heavy atom. The molecule has 4 nitrogen and oxygen atoms in total. The number of rotatable bonds is 12. The van der Waals surface area contributed by atoms with Gasteiger partial charge in [0.15, 0.2) is 0 Å². The van der Waals surface area contributed by atoms with Crippen molar-refractivity contribution in [2.45, 2.75) is 12.1 Å². The van der Waals surface area contributed by atoms with Crippen molar-refractivity contribution in [3.8, 4) is 0 Å². The van der Waals surface area contributed by atoms with Crippen molar-refractivity contribution >= 4 is 35.8 Å². The number of nitrogens with one attached hydrogen (secondary N) is 2. The van der Waals surface area contributed by atoms with E-state index in [1.165, 1.54) is 0 Å². The quantitative estimate of drug-likeness (QED) is 0.0994. The Balaban J connectivity index is 0.000000194. The van der Waals surface area contributed by atoms with Crippen molar-refractivity contribution in [3.63, 3.8) is 0 Å². The van der Waals surface area contributed by atoms with Crippen molar-refractivity contribution in [3.05, 3.63) is 230 Å². The van der Waals surface area contributed by atoms with Crippen LogP contribution in [-0.4, -0.2) is 0 Å². The second-order valence-electron chi connectivity index (χ2n) is 11.3. The van der Waals surface area contributed by atoms with Crippen molar-refractivity contribution in [1.82, 2.24) is 10.2 Å². The summed E-state index contributed by atoms with van der Waals surface area (Å²) in [6.45, 7) is 7.38. The van der Waals surface area contributed by atoms with Crippen LogP contribution in [0.15, 0.2) is 219 Å². The summed E-state index contributed by atoms with van der Waals surface area (Å²) >= 11 is 0. The van der Waals surface area contributed by atoms with Gasteiger partial charge in [0.2, 0.25) is 14.6 Å². The molecule has 0 spiro atoms. The minimum atomic E-state index is -3.02. The van der Waals surface area contributed by atoms with Gasteiger partial charge in [-0.15, -0.1) is 11.5 Å². The van der Waals surface area contributed by atoms with Crippen LogP contribution in [0.2, 0.25) is 0 Å². The maximum absolute atomic E-state index is 14.1. The average molecular weight is 691 g/mol. The van der Waals surface area contributed by atoms with E-state index in [0.717, 1.165) is 32.3 Å². The molecule has 0 amide bonds. The molecule has 0 saturated heterocycles. The molecule has 248 valence electrons. The van der Waals surface area contributed by atoms with Crippen LogP contribution in [0.4, 0.5) is 0 Å². The minimum absolute atomic E-state index is 0.245. The zero-order valence-corrected chi connectivity index (χ0v) is 29.5. The second-order valence-corrected chi connectivity index (χ2v) is 16.4. The molecule has 0 aromatic heterocycles. The number of hydrogen-bond donors (Lipinski definition) is 2. The monoisotopic (exact) mass is 690 g/mol. The fourth-order valence-electron chi connectivity index (χ4n) is 5.51. The molecule has 6 heteroatoms. The van der Waals surface area contributed by atoms with Crippen LogP contribution < -0.4 is 31.4 Å². The molecule has 0 aliphatic carbocycles. The Hall–Kier alpha value is -5.26. The second kappa shape index (κ2) is 17.9. The third-order valence-electron chi connectivity index (χ3n) is 8.01. The minimum Gasteiger partial charge on any atom is -0.296 e. The zero-order chi connectivity index (χ0) is 35.1. The fraction of sp³-hybridized carbons (Fsp3) is 0.0455. The first-order valence-electron chi connectivity index (χ1n) is 16.3. The van der Waals surface area contributed by atoms with Crippen LogP contribution in [0.5, 0.6) is 0 Å². The SMILES string of the molecule is C=C=C[C@H](NP(=O)(c1ccccc1)c1ccccc1)c1ccccc1.C=C=C[C@H](NP(=O)(c1ccccc1)c1ccccc1)c1ccccc1. The van der Waals surface area contributed by atoms with Crippen LogP contribution in [0, 0.1) is 0 Å². The van der Waals surface area contributed by atoms with Gasteiger partial charge in [-0.05, 0) is 71.8 Å². The molecule has 6 aromatic carbocycles. The van der Waals surface area contributed by atoms with Gasteiger partial charge in [-0.1, -0.05) is 147 Å². The Kier molecular flexibility index (Phi) is 12.9. The highest BCUT2D eigenvalue weighted by Crippen LogP contribution is 2.43. The Morgan fingerprint density at radius 2 is 0.620 bits per heavy atom. The van der Waals surface area contributed by atoms with Crippen LogP contribution in [0.25, 0.3) is 0 Å². The predicted octanol–water partition coefficient (Wildman–Crippen LogP) is 9.18. The molecule has 6 rings (SSSR count). The van der Waals surface area contributed by atoms with Gasteiger partial charge in [-0.3, -0.25) is 9.13 Å². The summed E-state index contributed by atoms with van der Waals surface area (Å²) in [4.78, 5) is 0. The van der Waals surface area contributed by atoms with Crippen molar-refractivity contribution in [2.24, 2.45) is 0 Å². The van der Waals surface area contributed by atoms with E-state index in [2.05, 4.69) is 34.8 Å². The molecule has 0 radical (unpaired) electrons. The van der Waals surface area contributed by atoms with Gasteiger partial charge in [-0.2, -0.15) is 0 Å². The first-order valence-corrected chi connectivity index (χ1v) is 19.7. The smallest absolute Gasteiger partial charge is 0.205 e. The Labute approximate surface area is 296 Å². The van der Waals surface area contributed by atoms with Crippen molar-refractivity contribution < 1.29 is 9.13 Å². The molecular formula is C44H40N2O2P2. The normalized spacial score (nSPS) is 12.2. The standard InChI is InChI=1S/2C22H20NOP/c2*1-2-12-22(19-13-6-3-7-14-19)23-25(24,20-15-8-4-9-16-20)21-17-10-5-11-18-21/h2*3-18,22H,1H2,(H,23,24)/t2*22-/m00/s1. The van der Waals surface area contributed by atoms with Crippen LogP contribution >= 0.6 is 14.6 Å². The largest absolute Gasteiger partial charge is 0.296 e. The third-order valence-corrected chi connectivity index (χ3v) is 13.4. The summed E-state index contributed by atoms with van der Waals surface area (Å²) in [6.07, 6.45) is 3.63. The molecule has 0 unspecified atom stereocenters. The van der Waals surface area contributed by atoms with Gasteiger partial charge < -0.3 is 0 Å². The Bertz CT molecular complexity index is 1870. The lowest BCUT2D eigenvalue weighted by Crippen LogP contribution is -2.29. The van der Waals surface area contributed by atoms with Gasteiger partial charge in [0.05, 0.1) is 12.1 Å². The highest BCUT2D eigenvalue weighted by atomic mass is 31.2. The van der Waals surface area contributed by atoms with Crippen LogP contribution in [-0.2, 0) is 9.13 Å². The van der Waals surface area contributed by atoms with E-state index in [1.54, 1.807) is 0 Å². The van der Waals surface area contributed by atoms with Crippen molar-refractivity contribution in [2.75, 3.05) is 0 Å². The molecule has 0 heterocycles. The highest BCUT2D eigenvalue weighted by Gasteiger charge is 2.31. The third kappa shape index (κ3) is 9.04. The van der Waals surface area contributed by atoms with Crippen LogP contribution in [0.1, 0.15) is 23.2 Å². The molecule has 0 aliphatic heterocycles. The molecular weight excluding hydrogens is 650 g/mol. The highest BCUT2D eigenvalue weighted by molar-refractivity contribution is 7.77. The molecule has 0 bridgehead atoms. The van der Waals surface area contributed by atoms with E-state index in [0.29, 0.717) is 0 Å². The summed E-state index contributed by atoms with van der Waals surface area (Å²) in [7, 11) is -6.05. The number of benzene rings is 6. The maximum atomic E-state index is 14.1. The Morgan fingerprint density at radius 1 is 0.400 bits per heavy atom. The first-order chi connectivity index (χ1) is 24.5. The van der Waals surface area contributed by atoms with Crippen LogP contribution in [0.3, 0.4) is 0 Å². The van der Waals surface area contributed by atoms with Gasteiger partial charge in [0.1, 0.15) is 0 Å². The molecule has 2 atom stereocenters. The topological polar surface area (TPSA) is 58.2 Å². The predicted molar refractivity (Wildman–Crippen MR) is 212 cm³/mol. The van der Waals surface area contributed by atoms with E-state index in [1.807, 2.05) is 194 Å². The lowest BCUT2D eigenvalue weighted by Gasteiger charge is -2.25. The lowest BCUT2D eigenvalue weighted by molar-refractivity contribution is 0.572. The zero-order valence-electron chi connectivity index (χ0n) is 27.8. The van der Waals surface area contributed by atoms with Crippen molar-refractivity contribution in [1.29, 1.82) is 0 Å². The fourth-order valence-corrected chi connectivity index (χ4v) is 10.3. The summed E-state index contributed by atoms with van der Waals surface area (Å²) < 4.78 is 28.2. The molecule has 0 aliphatic rings. The number of hydrogen-bond acceptors (Lipinski definition) is 2. The lowest BCUT2D eigenvalue weighted by atomic mass is 10.1. The van der Waals surface area contributed by atoms with Gasteiger partial charge in [0, 0.05) is 21.2 Å². The summed E-state index contributed by atoms with van der Waals surface area (Å²) in [6, 6.07) is 57.6. The van der Waals surface area contributed by atoms with E-state index in [4.69, 9.17) is 0 Å². The van der Waals surface area contributed by atoms with Gasteiger partial charge in [-0.25, -0.2) is 10.2 Å². The van der Waals surface area contributed by atoms with E-state index < -0.39 is 14.6 Å². The average Bonchev–Trinajstić information content (AvgIpc) is 3.20. The van der Waals surface area contributed by atoms with E-state index in [-0.39, 0.29) is 12.1 Å². The van der Waals surface area contributed by atoms with E-state index >= 15 is 0 Å². The maximum Gasteiger partial charge on any atom is 0.205 e. The summed E-state index contributed by atoms with van der Waals surface area (Å²) in [5.41, 5.74) is 7.70. The molecule has 6 aromatic rings. The summed E-state index contributed by atoms with van der Waals surface area (Å²) in [5.74, 6) is 0. The van der Waals surface area contributed by atoms with Gasteiger partial charge >= 0.3 is 0 Å². The molecule has 0 fully saturated rings. The van der Waals surface area contributed by atoms with Gasteiger partial charge in [0.25, 0.3) is 0 Å². The molecule has 50 heavy (non-hydrogen) atoms. The molecule has 2 N–H and O–H groups in total. The van der Waals surface area contributed by atoms with E-state index in [9.17, 15) is 9.13 Å². The first kappa shape index (κ1) is 36.0. The molecule has 0 saturated carbocycles.